The first-order valence-corrected chi connectivity index (χ1v) is 6.89. The summed E-state index contributed by atoms with van der Waals surface area (Å²) in [6.45, 7) is 6.98. The zero-order chi connectivity index (χ0) is 11.7. The van der Waals surface area contributed by atoms with Crippen molar-refractivity contribution in [1.29, 1.82) is 0 Å². The molecule has 1 N–H and O–H groups in total. The molecule has 17 heavy (non-hydrogen) atoms. The Labute approximate surface area is 104 Å². The number of hydrogen-bond donors (Lipinski definition) is 1. The van der Waals surface area contributed by atoms with Gasteiger partial charge >= 0.3 is 0 Å². The molecule has 1 atom stereocenters. The van der Waals surface area contributed by atoms with Gasteiger partial charge in [0.05, 0.1) is 0 Å². The molecule has 0 radical (unpaired) electrons. The van der Waals surface area contributed by atoms with Crippen molar-refractivity contribution in [1.82, 2.24) is 10.2 Å². The van der Waals surface area contributed by atoms with Gasteiger partial charge in [0.25, 0.3) is 0 Å². The maximum absolute atomic E-state index is 3.45. The van der Waals surface area contributed by atoms with Crippen molar-refractivity contribution >= 4 is 0 Å². The Morgan fingerprint density at radius 3 is 2.88 bits per heavy atom. The van der Waals surface area contributed by atoms with Crippen LogP contribution in [0.5, 0.6) is 0 Å². The summed E-state index contributed by atoms with van der Waals surface area (Å²) in [5, 5.41) is 3.45. The molecule has 0 bridgehead atoms. The third kappa shape index (κ3) is 2.12. The van der Waals surface area contributed by atoms with E-state index in [0.29, 0.717) is 6.04 Å². The molecule has 0 spiro atoms. The fourth-order valence-electron chi connectivity index (χ4n) is 3.38. The Kier molecular flexibility index (Phi) is 3.17. The fourth-order valence-corrected chi connectivity index (χ4v) is 3.38. The highest BCUT2D eigenvalue weighted by Gasteiger charge is 2.27. The monoisotopic (exact) mass is 230 g/mol. The fraction of sp³-hybridized carbons (Fsp3) is 0.600. The number of benzene rings is 1. The number of rotatable bonds is 1. The van der Waals surface area contributed by atoms with Gasteiger partial charge in [0, 0.05) is 32.2 Å². The molecular formula is C15H22N2. The van der Waals surface area contributed by atoms with Crippen LogP contribution in [0.3, 0.4) is 0 Å². The summed E-state index contributed by atoms with van der Waals surface area (Å²) >= 11 is 0. The molecule has 0 aromatic heterocycles. The summed E-state index contributed by atoms with van der Waals surface area (Å²) in [5.41, 5.74) is 4.72. The number of fused-ring (bicyclic) bond motifs is 1. The highest BCUT2D eigenvalue weighted by Crippen LogP contribution is 2.35. The molecule has 1 heterocycles. The first-order chi connectivity index (χ1) is 8.36. The van der Waals surface area contributed by atoms with Gasteiger partial charge in [-0.3, -0.25) is 4.90 Å². The smallest absolute Gasteiger partial charge is 0.0352 e. The minimum atomic E-state index is 0.681. The van der Waals surface area contributed by atoms with Crippen LogP contribution < -0.4 is 5.32 Å². The molecule has 1 aromatic rings. The summed E-state index contributed by atoms with van der Waals surface area (Å²) in [4.78, 5) is 2.67. The van der Waals surface area contributed by atoms with E-state index in [2.05, 4.69) is 35.3 Å². The highest BCUT2D eigenvalue weighted by molar-refractivity contribution is 5.38. The van der Waals surface area contributed by atoms with Crippen LogP contribution in [0.15, 0.2) is 18.2 Å². The number of hydrogen-bond acceptors (Lipinski definition) is 2. The van der Waals surface area contributed by atoms with Crippen LogP contribution in [0, 0.1) is 6.92 Å². The molecule has 2 aliphatic rings. The average molecular weight is 230 g/mol. The Bertz CT molecular complexity index is 394. The van der Waals surface area contributed by atoms with Gasteiger partial charge in [-0.2, -0.15) is 0 Å². The minimum Gasteiger partial charge on any atom is -0.314 e. The van der Waals surface area contributed by atoms with E-state index in [-0.39, 0.29) is 0 Å². The van der Waals surface area contributed by atoms with Crippen LogP contribution in [-0.4, -0.2) is 31.1 Å². The molecule has 1 fully saturated rings. The third-order valence-electron chi connectivity index (χ3n) is 4.30. The summed E-state index contributed by atoms with van der Waals surface area (Å²) in [6, 6.07) is 7.53. The van der Waals surface area contributed by atoms with Crippen LogP contribution in [0.25, 0.3) is 0 Å². The zero-order valence-corrected chi connectivity index (χ0v) is 10.7. The Morgan fingerprint density at radius 2 is 2.06 bits per heavy atom. The lowest BCUT2D eigenvalue weighted by atomic mass is 9.84. The highest BCUT2D eigenvalue weighted by atomic mass is 15.2. The van der Waals surface area contributed by atoms with Crippen LogP contribution in [-0.2, 0) is 6.42 Å². The van der Waals surface area contributed by atoms with E-state index in [1.165, 1.54) is 37.9 Å². The summed E-state index contributed by atoms with van der Waals surface area (Å²) in [5.74, 6) is 0. The molecule has 3 rings (SSSR count). The maximum atomic E-state index is 3.45. The Morgan fingerprint density at radius 1 is 1.24 bits per heavy atom. The van der Waals surface area contributed by atoms with Crippen molar-refractivity contribution < 1.29 is 0 Å². The summed E-state index contributed by atoms with van der Waals surface area (Å²) in [6.07, 6.45) is 3.98. The predicted octanol–water partition coefficient (Wildman–Crippen LogP) is 2.28. The van der Waals surface area contributed by atoms with Gasteiger partial charge < -0.3 is 5.32 Å². The first-order valence-electron chi connectivity index (χ1n) is 6.89. The minimum absolute atomic E-state index is 0.681. The second-order valence-electron chi connectivity index (χ2n) is 5.34. The van der Waals surface area contributed by atoms with Crippen LogP contribution in [0.4, 0.5) is 0 Å². The van der Waals surface area contributed by atoms with Crippen molar-refractivity contribution in [2.75, 3.05) is 26.2 Å². The van der Waals surface area contributed by atoms with Gasteiger partial charge in [-0.15, -0.1) is 0 Å². The van der Waals surface area contributed by atoms with E-state index < -0.39 is 0 Å². The molecule has 1 aromatic carbocycles. The van der Waals surface area contributed by atoms with Crippen LogP contribution in [0.2, 0.25) is 0 Å². The van der Waals surface area contributed by atoms with Gasteiger partial charge in [-0.1, -0.05) is 18.2 Å². The molecule has 1 aliphatic carbocycles. The van der Waals surface area contributed by atoms with Gasteiger partial charge in [0.15, 0.2) is 0 Å². The van der Waals surface area contributed by atoms with Gasteiger partial charge in [0.2, 0.25) is 0 Å². The predicted molar refractivity (Wildman–Crippen MR) is 71.3 cm³/mol. The van der Waals surface area contributed by atoms with Crippen molar-refractivity contribution in [3.8, 4) is 0 Å². The third-order valence-corrected chi connectivity index (χ3v) is 4.30. The maximum Gasteiger partial charge on any atom is 0.0352 e. The number of nitrogens with zero attached hydrogens (tertiary/aromatic N) is 1. The summed E-state index contributed by atoms with van der Waals surface area (Å²) < 4.78 is 0. The van der Waals surface area contributed by atoms with Crippen LogP contribution in [0.1, 0.15) is 35.6 Å². The first kappa shape index (κ1) is 11.2. The Balaban J connectivity index is 1.90. The van der Waals surface area contributed by atoms with E-state index in [1.807, 2.05) is 0 Å². The molecular weight excluding hydrogens is 208 g/mol. The number of piperazine rings is 1. The van der Waals surface area contributed by atoms with E-state index in [1.54, 1.807) is 11.1 Å². The number of nitrogens with one attached hydrogen (secondary N) is 1. The van der Waals surface area contributed by atoms with E-state index >= 15 is 0 Å². The topological polar surface area (TPSA) is 15.3 Å². The normalized spacial score (nSPS) is 25.6. The van der Waals surface area contributed by atoms with Crippen LogP contribution >= 0.6 is 0 Å². The van der Waals surface area contributed by atoms with Gasteiger partial charge in [0.1, 0.15) is 0 Å². The average Bonchev–Trinajstić information content (AvgIpc) is 2.40. The van der Waals surface area contributed by atoms with E-state index in [4.69, 9.17) is 0 Å². The molecule has 1 unspecified atom stereocenters. The van der Waals surface area contributed by atoms with Gasteiger partial charge in [-0.05, 0) is 42.9 Å². The van der Waals surface area contributed by atoms with Crippen molar-refractivity contribution in [3.05, 3.63) is 34.9 Å². The van der Waals surface area contributed by atoms with Gasteiger partial charge in [-0.25, -0.2) is 0 Å². The Hall–Kier alpha value is -0.860. The molecule has 92 valence electrons. The SMILES string of the molecule is Cc1cccc2c1CCCC2N1CCNCC1. The number of aryl methyl sites for hydroxylation is 1. The zero-order valence-electron chi connectivity index (χ0n) is 10.7. The summed E-state index contributed by atoms with van der Waals surface area (Å²) in [7, 11) is 0. The lowest BCUT2D eigenvalue weighted by molar-refractivity contribution is 0.158. The van der Waals surface area contributed by atoms with Crippen molar-refractivity contribution in [2.45, 2.75) is 32.2 Å². The quantitative estimate of drug-likeness (QED) is 0.796. The molecule has 1 saturated heterocycles. The molecule has 0 amide bonds. The van der Waals surface area contributed by atoms with Crippen molar-refractivity contribution in [2.24, 2.45) is 0 Å². The lowest BCUT2D eigenvalue weighted by Crippen LogP contribution is -2.45. The molecule has 2 heteroatoms. The second-order valence-corrected chi connectivity index (χ2v) is 5.34. The second kappa shape index (κ2) is 4.79. The van der Waals surface area contributed by atoms with Crippen molar-refractivity contribution in [3.63, 3.8) is 0 Å². The standard InChI is InChI=1S/C15H22N2/c1-12-4-2-6-14-13(12)5-3-7-15(14)17-10-8-16-9-11-17/h2,4,6,15-16H,3,5,7-11H2,1H3. The van der Waals surface area contributed by atoms with E-state index in [9.17, 15) is 0 Å². The molecule has 0 saturated carbocycles. The van der Waals surface area contributed by atoms with E-state index in [0.717, 1.165) is 13.1 Å². The largest absolute Gasteiger partial charge is 0.314 e. The molecule has 1 aliphatic heterocycles. The molecule has 2 nitrogen and oxygen atoms in total. The lowest BCUT2D eigenvalue weighted by Gasteiger charge is -2.38.